The summed E-state index contributed by atoms with van der Waals surface area (Å²) in [5.41, 5.74) is 0.771. The molecular weight excluding hydrogens is 348 g/mol. The van der Waals surface area contributed by atoms with Crippen LogP contribution < -0.4 is 4.90 Å². The van der Waals surface area contributed by atoms with E-state index < -0.39 is 6.04 Å². The number of anilines is 1. The summed E-state index contributed by atoms with van der Waals surface area (Å²) in [5, 5.41) is 0. The zero-order valence-electron chi connectivity index (χ0n) is 15.0. The van der Waals surface area contributed by atoms with Crippen molar-refractivity contribution in [2.75, 3.05) is 44.2 Å². The lowest BCUT2D eigenvalue weighted by Gasteiger charge is -2.33. The standard InChI is InChI=1S/C19H22N4O4/c24-13-21-10-8-20(9-11-21)12-17(25)23-15-5-2-1-4-14(15)18(26)22-7-3-6-16(22)19(23)27/h1-2,4-5,13,16H,3,6-12H2/t16-/m0/s1. The van der Waals surface area contributed by atoms with Gasteiger partial charge in [-0.15, -0.1) is 0 Å². The normalized spacial score (nSPS) is 23.1. The van der Waals surface area contributed by atoms with Crippen LogP contribution in [0.15, 0.2) is 24.3 Å². The lowest BCUT2D eigenvalue weighted by molar-refractivity contribution is -0.129. The van der Waals surface area contributed by atoms with Gasteiger partial charge in [0.15, 0.2) is 0 Å². The van der Waals surface area contributed by atoms with Crippen LogP contribution in [0, 0.1) is 0 Å². The number of rotatable bonds is 3. The molecule has 0 N–H and O–H groups in total. The van der Waals surface area contributed by atoms with Gasteiger partial charge in [0.1, 0.15) is 6.04 Å². The Bertz CT molecular complexity index is 788. The number of hydrogen-bond donors (Lipinski definition) is 0. The fraction of sp³-hybridized carbons (Fsp3) is 0.474. The van der Waals surface area contributed by atoms with E-state index in [2.05, 4.69) is 0 Å². The maximum Gasteiger partial charge on any atom is 0.256 e. The van der Waals surface area contributed by atoms with Gasteiger partial charge >= 0.3 is 0 Å². The molecular formula is C19H22N4O4. The van der Waals surface area contributed by atoms with Gasteiger partial charge in [-0.05, 0) is 25.0 Å². The number of hydrogen-bond acceptors (Lipinski definition) is 5. The van der Waals surface area contributed by atoms with Crippen LogP contribution in [0.5, 0.6) is 0 Å². The van der Waals surface area contributed by atoms with Crippen LogP contribution in [0.3, 0.4) is 0 Å². The van der Waals surface area contributed by atoms with Crippen LogP contribution in [-0.2, 0) is 14.4 Å². The zero-order valence-corrected chi connectivity index (χ0v) is 15.0. The van der Waals surface area contributed by atoms with Crippen LogP contribution in [0.2, 0.25) is 0 Å². The number of piperazine rings is 1. The van der Waals surface area contributed by atoms with Crippen molar-refractivity contribution in [3.05, 3.63) is 29.8 Å². The first kappa shape index (κ1) is 17.7. The first-order chi connectivity index (χ1) is 13.1. The first-order valence-corrected chi connectivity index (χ1v) is 9.28. The highest BCUT2D eigenvalue weighted by Crippen LogP contribution is 2.32. The monoisotopic (exact) mass is 370 g/mol. The molecule has 0 saturated carbocycles. The van der Waals surface area contributed by atoms with E-state index in [0.29, 0.717) is 50.4 Å². The summed E-state index contributed by atoms with van der Waals surface area (Å²) in [5.74, 6) is -0.827. The minimum absolute atomic E-state index is 0.0910. The van der Waals surface area contributed by atoms with E-state index in [0.717, 1.165) is 12.8 Å². The summed E-state index contributed by atoms with van der Waals surface area (Å²) < 4.78 is 0. The minimum atomic E-state index is -0.569. The maximum absolute atomic E-state index is 13.2. The quantitative estimate of drug-likeness (QED) is 0.697. The molecule has 142 valence electrons. The number of para-hydroxylation sites is 1. The number of fused-ring (bicyclic) bond motifs is 2. The predicted molar refractivity (Wildman–Crippen MR) is 97.1 cm³/mol. The Kier molecular flexibility index (Phi) is 4.65. The molecule has 2 saturated heterocycles. The summed E-state index contributed by atoms with van der Waals surface area (Å²) in [4.78, 5) is 56.4. The fourth-order valence-corrected chi connectivity index (χ4v) is 4.08. The molecule has 3 heterocycles. The van der Waals surface area contributed by atoms with Crippen LogP contribution in [0.1, 0.15) is 23.2 Å². The molecule has 8 heteroatoms. The third-order valence-corrected chi connectivity index (χ3v) is 5.56. The van der Waals surface area contributed by atoms with E-state index in [1.54, 1.807) is 34.1 Å². The number of amides is 4. The van der Waals surface area contributed by atoms with Crippen molar-refractivity contribution in [2.24, 2.45) is 0 Å². The van der Waals surface area contributed by atoms with Crippen LogP contribution in [0.25, 0.3) is 0 Å². The average molecular weight is 370 g/mol. The molecule has 0 radical (unpaired) electrons. The molecule has 2 fully saturated rings. The summed E-state index contributed by atoms with van der Waals surface area (Å²) >= 11 is 0. The molecule has 3 aliphatic rings. The first-order valence-electron chi connectivity index (χ1n) is 9.28. The summed E-state index contributed by atoms with van der Waals surface area (Å²) in [6.07, 6.45) is 2.16. The Hall–Kier alpha value is -2.74. The molecule has 0 unspecified atom stereocenters. The molecule has 0 bridgehead atoms. The summed E-state index contributed by atoms with van der Waals surface area (Å²) in [6, 6.07) is 6.25. The highest BCUT2D eigenvalue weighted by molar-refractivity contribution is 6.22. The molecule has 4 rings (SSSR count). The van der Waals surface area contributed by atoms with Crippen molar-refractivity contribution >= 4 is 29.8 Å². The van der Waals surface area contributed by atoms with Crippen molar-refractivity contribution in [1.29, 1.82) is 0 Å². The number of carbonyl (C=O) groups is 4. The summed E-state index contributed by atoms with van der Waals surface area (Å²) in [6.45, 7) is 2.94. The fourth-order valence-electron chi connectivity index (χ4n) is 4.08. The Morgan fingerprint density at radius 1 is 1.07 bits per heavy atom. The van der Waals surface area contributed by atoms with Gasteiger partial charge in [-0.3, -0.25) is 24.1 Å². The molecule has 0 aliphatic carbocycles. The molecule has 1 aromatic carbocycles. The van der Waals surface area contributed by atoms with Crippen LogP contribution in [0.4, 0.5) is 5.69 Å². The van der Waals surface area contributed by atoms with E-state index >= 15 is 0 Å². The van der Waals surface area contributed by atoms with Crippen molar-refractivity contribution < 1.29 is 19.2 Å². The van der Waals surface area contributed by atoms with Gasteiger partial charge in [-0.1, -0.05) is 12.1 Å². The third-order valence-electron chi connectivity index (χ3n) is 5.56. The minimum Gasteiger partial charge on any atom is -0.343 e. The van der Waals surface area contributed by atoms with Gasteiger partial charge in [0.25, 0.3) is 11.8 Å². The van der Waals surface area contributed by atoms with E-state index in [1.807, 2.05) is 4.90 Å². The Balaban J connectivity index is 1.61. The zero-order chi connectivity index (χ0) is 19.0. The molecule has 4 amide bonds. The highest BCUT2D eigenvalue weighted by atomic mass is 16.2. The molecule has 3 aliphatic heterocycles. The van der Waals surface area contributed by atoms with Gasteiger partial charge in [0.2, 0.25) is 12.3 Å². The van der Waals surface area contributed by atoms with Gasteiger partial charge in [-0.25, -0.2) is 4.90 Å². The van der Waals surface area contributed by atoms with E-state index in [9.17, 15) is 19.2 Å². The van der Waals surface area contributed by atoms with Crippen LogP contribution >= 0.6 is 0 Å². The SMILES string of the molecule is O=CN1CCN(CC(=O)N2C(=O)[C@@H]3CCCN3C(=O)c3ccccc32)CC1. The molecule has 0 aromatic heterocycles. The van der Waals surface area contributed by atoms with Crippen molar-refractivity contribution in [3.8, 4) is 0 Å². The molecule has 1 aromatic rings. The summed E-state index contributed by atoms with van der Waals surface area (Å²) in [7, 11) is 0. The maximum atomic E-state index is 13.2. The van der Waals surface area contributed by atoms with Gasteiger partial charge in [0, 0.05) is 32.7 Å². The number of nitrogens with zero attached hydrogens (tertiary/aromatic N) is 4. The van der Waals surface area contributed by atoms with Crippen molar-refractivity contribution in [3.63, 3.8) is 0 Å². The lowest BCUT2D eigenvalue weighted by atomic mass is 10.1. The van der Waals surface area contributed by atoms with Gasteiger partial charge in [-0.2, -0.15) is 0 Å². The second-order valence-corrected chi connectivity index (χ2v) is 7.16. The van der Waals surface area contributed by atoms with Crippen molar-refractivity contribution in [2.45, 2.75) is 18.9 Å². The van der Waals surface area contributed by atoms with E-state index in [1.165, 1.54) is 4.90 Å². The third kappa shape index (κ3) is 3.10. The number of benzene rings is 1. The Morgan fingerprint density at radius 3 is 2.56 bits per heavy atom. The largest absolute Gasteiger partial charge is 0.343 e. The van der Waals surface area contributed by atoms with Crippen LogP contribution in [-0.4, -0.2) is 84.1 Å². The molecule has 27 heavy (non-hydrogen) atoms. The molecule has 0 spiro atoms. The number of imide groups is 1. The number of carbonyl (C=O) groups excluding carboxylic acids is 4. The predicted octanol–water partition coefficient (Wildman–Crippen LogP) is -0.0616. The topological polar surface area (TPSA) is 81.2 Å². The second kappa shape index (κ2) is 7.11. The van der Waals surface area contributed by atoms with Gasteiger partial charge in [0.05, 0.1) is 17.8 Å². The average Bonchev–Trinajstić information content (AvgIpc) is 3.15. The lowest BCUT2D eigenvalue weighted by Crippen LogP contribution is -2.53. The Labute approximate surface area is 157 Å². The molecule has 1 atom stereocenters. The second-order valence-electron chi connectivity index (χ2n) is 7.16. The van der Waals surface area contributed by atoms with E-state index in [-0.39, 0.29) is 24.3 Å². The highest BCUT2D eigenvalue weighted by Gasteiger charge is 2.44. The Morgan fingerprint density at radius 2 is 1.81 bits per heavy atom. The smallest absolute Gasteiger partial charge is 0.256 e. The molecule has 8 nitrogen and oxygen atoms in total. The van der Waals surface area contributed by atoms with E-state index in [4.69, 9.17) is 0 Å². The van der Waals surface area contributed by atoms with Gasteiger partial charge < -0.3 is 9.80 Å². The van der Waals surface area contributed by atoms with Crippen molar-refractivity contribution in [1.82, 2.24) is 14.7 Å².